The van der Waals surface area contributed by atoms with Crippen LogP contribution in [-0.2, 0) is 0 Å². The van der Waals surface area contributed by atoms with Gasteiger partial charge in [0.15, 0.2) is 0 Å². The SMILES string of the molecule is O=C(Oc1cccc(OC(=O)c2ccccc2)c1)Oc1cccc(OC(=O)c2ccccc2)c1. The van der Waals surface area contributed by atoms with E-state index in [1.165, 1.54) is 24.3 Å². The van der Waals surface area contributed by atoms with Crippen molar-refractivity contribution in [2.75, 3.05) is 0 Å². The fraction of sp³-hybridized carbons (Fsp3) is 0. The number of hydrogen-bond acceptors (Lipinski definition) is 7. The molecule has 0 atom stereocenters. The van der Waals surface area contributed by atoms with Gasteiger partial charge in [-0.15, -0.1) is 0 Å². The molecule has 0 saturated heterocycles. The summed E-state index contributed by atoms with van der Waals surface area (Å²) in [5, 5.41) is 0. The Morgan fingerprint density at radius 1 is 0.412 bits per heavy atom. The van der Waals surface area contributed by atoms with Gasteiger partial charge in [-0.1, -0.05) is 48.5 Å². The first-order valence-corrected chi connectivity index (χ1v) is 10.2. The number of ether oxygens (including phenoxy) is 4. The molecule has 4 aromatic rings. The van der Waals surface area contributed by atoms with Crippen molar-refractivity contribution in [3.63, 3.8) is 0 Å². The minimum absolute atomic E-state index is 0.120. The van der Waals surface area contributed by atoms with Crippen LogP contribution in [0.5, 0.6) is 23.0 Å². The molecule has 0 N–H and O–H groups in total. The average Bonchev–Trinajstić information content (AvgIpc) is 2.85. The number of esters is 2. The lowest BCUT2D eigenvalue weighted by Gasteiger charge is -2.09. The van der Waals surface area contributed by atoms with Crippen LogP contribution in [0.3, 0.4) is 0 Å². The number of hydrogen-bond donors (Lipinski definition) is 0. The van der Waals surface area contributed by atoms with Crippen molar-refractivity contribution in [1.29, 1.82) is 0 Å². The maximum atomic E-state index is 12.2. The molecule has 0 aliphatic rings. The molecule has 7 heteroatoms. The van der Waals surface area contributed by atoms with E-state index in [0.717, 1.165) is 0 Å². The highest BCUT2D eigenvalue weighted by Gasteiger charge is 2.13. The maximum absolute atomic E-state index is 12.2. The molecule has 0 amide bonds. The van der Waals surface area contributed by atoms with E-state index in [0.29, 0.717) is 11.1 Å². The normalized spacial score (nSPS) is 10.1. The topological polar surface area (TPSA) is 88.1 Å². The van der Waals surface area contributed by atoms with Gasteiger partial charge in [0.25, 0.3) is 0 Å². The van der Waals surface area contributed by atoms with Crippen molar-refractivity contribution < 1.29 is 33.3 Å². The second-order valence-corrected chi connectivity index (χ2v) is 6.91. The average molecular weight is 454 g/mol. The second-order valence-electron chi connectivity index (χ2n) is 6.91. The van der Waals surface area contributed by atoms with Crippen LogP contribution in [-0.4, -0.2) is 18.1 Å². The lowest BCUT2D eigenvalue weighted by atomic mass is 10.2. The van der Waals surface area contributed by atoms with Gasteiger partial charge in [-0.2, -0.15) is 0 Å². The molecule has 0 fully saturated rings. The van der Waals surface area contributed by atoms with Gasteiger partial charge in [-0.3, -0.25) is 0 Å². The van der Waals surface area contributed by atoms with Gasteiger partial charge in [-0.25, -0.2) is 14.4 Å². The highest BCUT2D eigenvalue weighted by Crippen LogP contribution is 2.23. The smallest absolute Gasteiger partial charge is 0.423 e. The molecule has 0 spiro atoms. The summed E-state index contributed by atoms with van der Waals surface area (Å²) < 4.78 is 21.0. The summed E-state index contributed by atoms with van der Waals surface area (Å²) in [6.45, 7) is 0. The summed E-state index contributed by atoms with van der Waals surface area (Å²) >= 11 is 0. The zero-order valence-electron chi connectivity index (χ0n) is 17.8. The number of carbonyl (C=O) groups is 3. The maximum Gasteiger partial charge on any atom is 0.519 e. The standard InChI is InChI=1S/C27H18O7/c28-25(19-9-3-1-4-10-19)31-21-13-7-15-23(17-21)33-27(30)34-24-16-8-14-22(18-24)32-26(29)20-11-5-2-6-12-20/h1-18H. The summed E-state index contributed by atoms with van der Waals surface area (Å²) in [5.74, 6) is -0.433. The van der Waals surface area contributed by atoms with Crippen molar-refractivity contribution in [3.05, 3.63) is 120 Å². The summed E-state index contributed by atoms with van der Waals surface area (Å²) in [6, 6.07) is 29.1. The fourth-order valence-electron chi connectivity index (χ4n) is 2.90. The minimum atomic E-state index is -1.02. The Labute approximate surface area is 195 Å². The highest BCUT2D eigenvalue weighted by atomic mass is 16.7. The third-order valence-electron chi connectivity index (χ3n) is 4.45. The van der Waals surface area contributed by atoms with Crippen molar-refractivity contribution in [1.82, 2.24) is 0 Å². The summed E-state index contributed by atoms with van der Waals surface area (Å²) in [5.41, 5.74) is 0.780. The molecular formula is C27H18O7. The zero-order chi connectivity index (χ0) is 23.8. The molecule has 4 rings (SSSR count). The molecule has 4 aromatic carbocycles. The van der Waals surface area contributed by atoms with Gasteiger partial charge in [0.2, 0.25) is 0 Å². The third kappa shape index (κ3) is 6.08. The minimum Gasteiger partial charge on any atom is -0.423 e. The first-order valence-electron chi connectivity index (χ1n) is 10.2. The molecule has 168 valence electrons. The molecule has 0 bridgehead atoms. The first kappa shape index (κ1) is 22.3. The highest BCUT2D eigenvalue weighted by molar-refractivity contribution is 5.91. The van der Waals surface area contributed by atoms with Gasteiger partial charge in [-0.05, 0) is 48.5 Å². The predicted octanol–water partition coefficient (Wildman–Crippen LogP) is 5.70. The Morgan fingerprint density at radius 2 is 0.765 bits per heavy atom. The van der Waals surface area contributed by atoms with Gasteiger partial charge >= 0.3 is 18.1 Å². The molecule has 0 radical (unpaired) electrons. The van der Waals surface area contributed by atoms with E-state index in [2.05, 4.69) is 0 Å². The molecule has 0 heterocycles. The molecule has 0 unspecified atom stereocenters. The summed E-state index contributed by atoms with van der Waals surface area (Å²) in [7, 11) is 0. The lowest BCUT2D eigenvalue weighted by molar-refractivity contribution is 0.0725. The monoisotopic (exact) mass is 454 g/mol. The zero-order valence-corrected chi connectivity index (χ0v) is 17.8. The van der Waals surface area contributed by atoms with E-state index in [-0.39, 0.29) is 23.0 Å². The van der Waals surface area contributed by atoms with E-state index in [4.69, 9.17) is 18.9 Å². The van der Waals surface area contributed by atoms with Gasteiger partial charge < -0.3 is 18.9 Å². The predicted molar refractivity (Wildman–Crippen MR) is 122 cm³/mol. The Hall–Kier alpha value is -4.91. The summed E-state index contributed by atoms with van der Waals surface area (Å²) in [6.07, 6.45) is -1.02. The van der Waals surface area contributed by atoms with E-state index in [1.807, 2.05) is 0 Å². The molecule has 0 saturated carbocycles. The van der Waals surface area contributed by atoms with E-state index in [9.17, 15) is 14.4 Å². The molecule has 0 aliphatic heterocycles. The Balaban J connectivity index is 1.36. The van der Waals surface area contributed by atoms with Crippen molar-refractivity contribution in [3.8, 4) is 23.0 Å². The third-order valence-corrected chi connectivity index (χ3v) is 4.45. The van der Waals surface area contributed by atoms with E-state index in [1.54, 1.807) is 84.9 Å². The van der Waals surface area contributed by atoms with Crippen LogP contribution in [0.1, 0.15) is 20.7 Å². The quantitative estimate of drug-likeness (QED) is 0.210. The van der Waals surface area contributed by atoms with Crippen LogP contribution in [0.2, 0.25) is 0 Å². The van der Waals surface area contributed by atoms with Gasteiger partial charge in [0.05, 0.1) is 11.1 Å². The fourth-order valence-corrected chi connectivity index (χ4v) is 2.90. The van der Waals surface area contributed by atoms with Crippen LogP contribution >= 0.6 is 0 Å². The van der Waals surface area contributed by atoms with Crippen LogP contribution in [0.15, 0.2) is 109 Å². The lowest BCUT2D eigenvalue weighted by Crippen LogP contribution is -2.14. The molecule has 0 aliphatic carbocycles. The van der Waals surface area contributed by atoms with E-state index >= 15 is 0 Å². The first-order chi connectivity index (χ1) is 16.6. The molecular weight excluding hydrogens is 436 g/mol. The number of benzene rings is 4. The van der Waals surface area contributed by atoms with Gasteiger partial charge in [0.1, 0.15) is 23.0 Å². The molecule has 34 heavy (non-hydrogen) atoms. The van der Waals surface area contributed by atoms with Crippen molar-refractivity contribution in [2.24, 2.45) is 0 Å². The van der Waals surface area contributed by atoms with Gasteiger partial charge in [0, 0.05) is 12.1 Å². The Bertz CT molecular complexity index is 1200. The number of carbonyl (C=O) groups excluding carboxylic acids is 3. The van der Waals surface area contributed by atoms with Crippen molar-refractivity contribution >= 4 is 18.1 Å². The largest absolute Gasteiger partial charge is 0.519 e. The Kier molecular flexibility index (Phi) is 6.95. The number of rotatable bonds is 6. The van der Waals surface area contributed by atoms with Crippen molar-refractivity contribution in [2.45, 2.75) is 0 Å². The Morgan fingerprint density at radius 3 is 1.15 bits per heavy atom. The van der Waals surface area contributed by atoms with Crippen LogP contribution < -0.4 is 18.9 Å². The van der Waals surface area contributed by atoms with E-state index < -0.39 is 18.1 Å². The van der Waals surface area contributed by atoms with Crippen LogP contribution in [0.4, 0.5) is 4.79 Å². The van der Waals surface area contributed by atoms with Crippen LogP contribution in [0.25, 0.3) is 0 Å². The van der Waals surface area contributed by atoms with Crippen LogP contribution in [0, 0.1) is 0 Å². The molecule has 7 nitrogen and oxygen atoms in total. The summed E-state index contributed by atoms with van der Waals surface area (Å²) in [4.78, 5) is 36.6. The second kappa shape index (κ2) is 10.6. The molecule has 0 aromatic heterocycles.